The van der Waals surface area contributed by atoms with Crippen molar-refractivity contribution in [3.63, 3.8) is 0 Å². The molecule has 0 aliphatic heterocycles. The van der Waals surface area contributed by atoms with Crippen LogP contribution >= 0.6 is 0 Å². The molecule has 0 saturated heterocycles. The molecule has 3 aliphatic rings. The predicted molar refractivity (Wildman–Crippen MR) is 155 cm³/mol. The van der Waals surface area contributed by atoms with E-state index < -0.39 is 70.6 Å². The van der Waals surface area contributed by atoms with Gasteiger partial charge < -0.3 is 45.1 Å². The number of nitrogens with zero attached hydrogens (tertiary/aromatic N) is 2. The molecule has 0 unspecified atom stereocenters. The number of likely N-dealkylation sites (N-methyl/N-ethyl adjacent to an activating group) is 1. The summed E-state index contributed by atoms with van der Waals surface area (Å²) in [4.78, 5) is 43.1. The maximum absolute atomic E-state index is 14.0. The van der Waals surface area contributed by atoms with Crippen molar-refractivity contribution in [2.45, 2.75) is 43.6 Å². The Hall–Kier alpha value is -3.37. The fraction of sp³-hybridized carbons (Fsp3) is 0.567. The third-order valence-corrected chi connectivity index (χ3v) is 8.96. The Balaban J connectivity index is 1.82. The van der Waals surface area contributed by atoms with Crippen LogP contribution in [0, 0.1) is 11.8 Å². The lowest BCUT2D eigenvalue weighted by atomic mass is 9.58. The van der Waals surface area contributed by atoms with Crippen LogP contribution < -0.4 is 5.73 Å². The molecule has 0 spiro atoms. The molecule has 4 rings (SSSR count). The van der Waals surface area contributed by atoms with Crippen molar-refractivity contribution < 1.29 is 53.8 Å². The van der Waals surface area contributed by atoms with E-state index in [1.165, 1.54) is 39.4 Å². The van der Waals surface area contributed by atoms with Crippen molar-refractivity contribution in [1.82, 2.24) is 9.80 Å². The number of primary amides is 1. The van der Waals surface area contributed by atoms with Gasteiger partial charge in [-0.2, -0.15) is 0 Å². The SMILES string of the molecule is COC(CN(Cc1ccc(O)c2c1C[C@@H]1C[C@@H]3[C@@H](N(C)C)C(O)=C(C(N)=O)C(=O)[C@]3(O)C(O)=C1C2=O)CC(OC)OC)OC. The van der Waals surface area contributed by atoms with Gasteiger partial charge in [-0.3, -0.25) is 24.2 Å². The summed E-state index contributed by atoms with van der Waals surface area (Å²) in [6, 6.07) is 2.00. The maximum atomic E-state index is 14.0. The summed E-state index contributed by atoms with van der Waals surface area (Å²) in [6.45, 7) is 0.896. The van der Waals surface area contributed by atoms with Gasteiger partial charge in [0.05, 0.1) is 24.7 Å². The molecule has 3 aliphatic carbocycles. The largest absolute Gasteiger partial charge is 0.510 e. The van der Waals surface area contributed by atoms with E-state index in [4.69, 9.17) is 24.7 Å². The highest BCUT2D eigenvalue weighted by Gasteiger charge is 2.63. The molecular weight excluding hydrogens is 578 g/mol. The highest BCUT2D eigenvalue weighted by molar-refractivity contribution is 6.24. The van der Waals surface area contributed by atoms with Crippen molar-refractivity contribution in [2.24, 2.45) is 17.6 Å². The lowest BCUT2D eigenvalue weighted by Gasteiger charge is -2.50. The molecule has 0 saturated carbocycles. The summed E-state index contributed by atoms with van der Waals surface area (Å²) in [6.07, 6.45) is -1.00. The third kappa shape index (κ3) is 5.51. The molecule has 14 nitrogen and oxygen atoms in total. The van der Waals surface area contributed by atoms with E-state index in [9.17, 15) is 34.8 Å². The number of Topliss-reactive ketones (excluding diaryl/α,β-unsaturated/α-hetero) is 2. The highest BCUT2D eigenvalue weighted by Crippen LogP contribution is 2.52. The Morgan fingerprint density at radius 2 is 1.59 bits per heavy atom. The van der Waals surface area contributed by atoms with Crippen molar-refractivity contribution in [2.75, 3.05) is 55.6 Å². The molecule has 0 fully saturated rings. The third-order valence-electron chi connectivity index (χ3n) is 8.96. The van der Waals surface area contributed by atoms with Crippen molar-refractivity contribution in [3.05, 3.63) is 51.5 Å². The van der Waals surface area contributed by atoms with Gasteiger partial charge in [0.1, 0.15) is 22.8 Å². The second kappa shape index (κ2) is 12.9. The molecule has 0 aromatic heterocycles. The summed E-state index contributed by atoms with van der Waals surface area (Å²) in [5.41, 5.74) is 2.80. The van der Waals surface area contributed by atoms with Crippen LogP contribution in [0.15, 0.2) is 34.8 Å². The number of ketones is 2. The number of carbonyl (C=O) groups is 3. The monoisotopic (exact) mass is 619 g/mol. The van der Waals surface area contributed by atoms with Crippen LogP contribution in [0.25, 0.3) is 0 Å². The number of ether oxygens (including phenoxy) is 4. The van der Waals surface area contributed by atoms with Crippen LogP contribution in [0.2, 0.25) is 0 Å². The first-order valence-corrected chi connectivity index (χ1v) is 14.1. The molecular formula is C30H41N3O11. The Morgan fingerprint density at radius 1 is 1.02 bits per heavy atom. The van der Waals surface area contributed by atoms with Gasteiger partial charge in [-0.05, 0) is 50.0 Å². The van der Waals surface area contributed by atoms with Crippen LogP contribution in [0.1, 0.15) is 27.9 Å². The molecule has 0 heterocycles. The zero-order valence-corrected chi connectivity index (χ0v) is 25.7. The van der Waals surface area contributed by atoms with Crippen LogP contribution in [-0.4, -0.2) is 128 Å². The first-order valence-electron chi connectivity index (χ1n) is 14.1. The number of hydrogen-bond acceptors (Lipinski definition) is 13. The van der Waals surface area contributed by atoms with Gasteiger partial charge in [0.2, 0.25) is 5.78 Å². The summed E-state index contributed by atoms with van der Waals surface area (Å²) in [5, 5.41) is 45.1. The minimum Gasteiger partial charge on any atom is -0.510 e. The number of fused-ring (bicyclic) bond motifs is 3. The van der Waals surface area contributed by atoms with Crippen LogP contribution in [0.5, 0.6) is 5.75 Å². The molecule has 242 valence electrons. The number of amides is 1. The number of rotatable bonds is 12. The number of hydrogen-bond donors (Lipinski definition) is 5. The average Bonchev–Trinajstić information content (AvgIpc) is 2.97. The first kappa shape index (κ1) is 33.5. The number of aliphatic hydroxyl groups is 3. The zero-order valence-electron chi connectivity index (χ0n) is 25.7. The molecule has 1 amide bonds. The molecule has 6 N–H and O–H groups in total. The van der Waals surface area contributed by atoms with E-state index in [-0.39, 0.29) is 36.3 Å². The van der Waals surface area contributed by atoms with Crippen molar-refractivity contribution in [3.8, 4) is 5.75 Å². The molecule has 14 heteroatoms. The summed E-state index contributed by atoms with van der Waals surface area (Å²) in [5.74, 6) is -6.96. The highest BCUT2D eigenvalue weighted by atomic mass is 16.7. The second-order valence-corrected chi connectivity index (χ2v) is 11.6. The molecule has 4 atom stereocenters. The number of phenolic OH excluding ortho intramolecular Hbond substituents is 1. The smallest absolute Gasteiger partial charge is 0.255 e. The van der Waals surface area contributed by atoms with Crippen LogP contribution in [-0.2, 0) is 41.5 Å². The van der Waals surface area contributed by atoms with Crippen molar-refractivity contribution in [1.29, 1.82) is 0 Å². The van der Waals surface area contributed by atoms with Gasteiger partial charge in [0, 0.05) is 46.5 Å². The Labute approximate surface area is 255 Å². The number of aliphatic hydroxyl groups excluding tert-OH is 2. The van der Waals surface area contributed by atoms with Gasteiger partial charge in [0.15, 0.2) is 24.0 Å². The number of carbonyl (C=O) groups excluding carboxylic acids is 3. The number of aromatic hydroxyl groups is 1. The van der Waals surface area contributed by atoms with E-state index in [2.05, 4.69) is 0 Å². The number of allylic oxidation sites excluding steroid dienone is 1. The Bertz CT molecular complexity index is 1370. The molecule has 0 bridgehead atoms. The fourth-order valence-electron chi connectivity index (χ4n) is 6.82. The maximum Gasteiger partial charge on any atom is 0.255 e. The van der Waals surface area contributed by atoms with E-state index >= 15 is 0 Å². The number of nitrogens with two attached hydrogens (primary N) is 1. The fourth-order valence-corrected chi connectivity index (χ4v) is 6.82. The standard InChI is InChI=1S/C30H41N3O11/c1-32(2)24-17-10-15-9-16-14(11-33(12-19(41-3)42-4)13-20(43-5)44-6)7-8-18(34)22(16)25(35)21(15)27(37)30(17,40)28(38)23(26(24)36)29(31)39/h7-8,15,17,19-20,24,34,36-37,40H,9-13H2,1-6H3,(H2,31,39)/t15-,17-,24-,30-/m1/s1. The first-order chi connectivity index (χ1) is 20.8. The minimum atomic E-state index is -2.70. The Morgan fingerprint density at radius 3 is 2.09 bits per heavy atom. The van der Waals surface area contributed by atoms with Gasteiger partial charge in [-0.1, -0.05) is 6.07 Å². The van der Waals surface area contributed by atoms with Crippen LogP contribution in [0.4, 0.5) is 0 Å². The normalized spacial score (nSPS) is 25.3. The average molecular weight is 620 g/mol. The van der Waals surface area contributed by atoms with Gasteiger partial charge in [0.25, 0.3) is 5.91 Å². The quantitative estimate of drug-likeness (QED) is 0.157. The second-order valence-electron chi connectivity index (χ2n) is 11.6. The van der Waals surface area contributed by atoms with E-state index in [0.29, 0.717) is 24.2 Å². The zero-order chi connectivity index (χ0) is 32.7. The predicted octanol–water partition coefficient (Wildman–Crippen LogP) is 0.160. The summed E-state index contributed by atoms with van der Waals surface area (Å²) < 4.78 is 21.6. The topological polar surface area (TPSA) is 202 Å². The van der Waals surface area contributed by atoms with E-state index in [1.54, 1.807) is 20.2 Å². The van der Waals surface area contributed by atoms with E-state index in [0.717, 1.165) is 0 Å². The van der Waals surface area contributed by atoms with Gasteiger partial charge in [-0.15, -0.1) is 0 Å². The molecule has 1 aromatic rings. The number of phenols is 1. The minimum absolute atomic E-state index is 0.00454. The Kier molecular flexibility index (Phi) is 9.85. The molecule has 0 radical (unpaired) electrons. The number of methoxy groups -OCH3 is 4. The van der Waals surface area contributed by atoms with Crippen LogP contribution in [0.3, 0.4) is 0 Å². The summed E-state index contributed by atoms with van der Waals surface area (Å²) >= 11 is 0. The summed E-state index contributed by atoms with van der Waals surface area (Å²) in [7, 11) is 9.21. The van der Waals surface area contributed by atoms with Gasteiger partial charge >= 0.3 is 0 Å². The lowest BCUT2D eigenvalue weighted by Crippen LogP contribution is -2.63. The molecule has 1 aromatic carbocycles. The van der Waals surface area contributed by atoms with E-state index in [1.807, 2.05) is 4.90 Å². The lowest BCUT2D eigenvalue weighted by molar-refractivity contribution is -0.148. The van der Waals surface area contributed by atoms with Gasteiger partial charge in [-0.25, -0.2) is 0 Å². The molecule has 44 heavy (non-hydrogen) atoms. The number of benzene rings is 1. The van der Waals surface area contributed by atoms with Crippen molar-refractivity contribution >= 4 is 17.5 Å².